The third-order valence-electron chi connectivity index (χ3n) is 3.90. The monoisotopic (exact) mass is 283 g/mol. The van der Waals surface area contributed by atoms with Gasteiger partial charge in [-0.1, -0.05) is 48.5 Å². The van der Waals surface area contributed by atoms with Crippen LogP contribution in [0, 0.1) is 0 Å². The van der Waals surface area contributed by atoms with Crippen molar-refractivity contribution >= 4 is 0 Å². The van der Waals surface area contributed by atoms with Crippen LogP contribution < -0.4 is 10.5 Å². The molecule has 0 radical (unpaired) electrons. The molecular formula is C18H21NO2. The molecule has 3 nitrogen and oxygen atoms in total. The summed E-state index contributed by atoms with van der Waals surface area (Å²) in [7, 11) is 0. The van der Waals surface area contributed by atoms with Gasteiger partial charge in [-0.3, -0.25) is 0 Å². The minimum atomic E-state index is -0.00108. The summed E-state index contributed by atoms with van der Waals surface area (Å²) in [5.74, 6) is 0.894. The number of hydrogen-bond donors (Lipinski definition) is 1. The zero-order chi connectivity index (χ0) is 14.7. The summed E-state index contributed by atoms with van der Waals surface area (Å²) in [5.41, 5.74) is 8.26. The van der Waals surface area contributed by atoms with Crippen LogP contribution in [-0.2, 0) is 4.74 Å². The molecule has 0 bridgehead atoms. The number of rotatable bonds is 5. The van der Waals surface area contributed by atoms with Crippen LogP contribution in [0.2, 0.25) is 0 Å². The van der Waals surface area contributed by atoms with Gasteiger partial charge in [-0.2, -0.15) is 0 Å². The fourth-order valence-corrected chi connectivity index (χ4v) is 2.74. The van der Waals surface area contributed by atoms with E-state index in [2.05, 4.69) is 18.2 Å². The van der Waals surface area contributed by atoms with Crippen molar-refractivity contribution in [1.82, 2.24) is 0 Å². The fourth-order valence-electron chi connectivity index (χ4n) is 2.74. The molecule has 2 aromatic carbocycles. The van der Waals surface area contributed by atoms with Crippen LogP contribution in [0.1, 0.15) is 13.3 Å². The van der Waals surface area contributed by atoms with Gasteiger partial charge in [0, 0.05) is 24.6 Å². The van der Waals surface area contributed by atoms with E-state index in [1.807, 2.05) is 43.3 Å². The van der Waals surface area contributed by atoms with Gasteiger partial charge in [0.1, 0.15) is 18.0 Å². The molecule has 0 amide bonds. The lowest BCUT2D eigenvalue weighted by Crippen LogP contribution is -2.59. The van der Waals surface area contributed by atoms with Crippen LogP contribution in [0.4, 0.5) is 0 Å². The summed E-state index contributed by atoms with van der Waals surface area (Å²) in [5, 5.41) is 0. The molecule has 3 unspecified atom stereocenters. The van der Waals surface area contributed by atoms with E-state index in [-0.39, 0.29) is 18.2 Å². The van der Waals surface area contributed by atoms with Crippen molar-refractivity contribution < 1.29 is 9.47 Å². The molecule has 0 saturated heterocycles. The highest BCUT2D eigenvalue weighted by atomic mass is 16.5. The Hall–Kier alpha value is -1.84. The SMILES string of the molecule is CCOC1C(N)CC1Oc1ccccc1-c1ccccc1. The molecule has 0 heterocycles. The highest BCUT2D eigenvalue weighted by Crippen LogP contribution is 2.34. The van der Waals surface area contributed by atoms with Gasteiger partial charge in [-0.25, -0.2) is 0 Å². The molecule has 110 valence electrons. The Morgan fingerprint density at radius 3 is 2.48 bits per heavy atom. The maximum absolute atomic E-state index is 6.17. The van der Waals surface area contributed by atoms with Crippen molar-refractivity contribution in [3.05, 3.63) is 54.6 Å². The smallest absolute Gasteiger partial charge is 0.128 e. The molecule has 2 aromatic rings. The summed E-state index contributed by atoms with van der Waals surface area (Å²) >= 11 is 0. The largest absolute Gasteiger partial charge is 0.487 e. The van der Waals surface area contributed by atoms with Crippen LogP contribution in [-0.4, -0.2) is 24.9 Å². The van der Waals surface area contributed by atoms with Crippen LogP contribution in [0.5, 0.6) is 5.75 Å². The lowest BCUT2D eigenvalue weighted by molar-refractivity contribution is -0.0943. The van der Waals surface area contributed by atoms with Gasteiger partial charge < -0.3 is 15.2 Å². The molecular weight excluding hydrogens is 262 g/mol. The Morgan fingerprint density at radius 1 is 1.05 bits per heavy atom. The highest BCUT2D eigenvalue weighted by molar-refractivity contribution is 5.70. The lowest BCUT2D eigenvalue weighted by atomic mass is 9.86. The molecule has 3 atom stereocenters. The van der Waals surface area contributed by atoms with Crippen molar-refractivity contribution in [2.75, 3.05) is 6.61 Å². The predicted octanol–water partition coefficient (Wildman–Crippen LogP) is 3.24. The van der Waals surface area contributed by atoms with E-state index >= 15 is 0 Å². The van der Waals surface area contributed by atoms with E-state index in [1.54, 1.807) is 0 Å². The normalized spacial score (nSPS) is 24.4. The molecule has 21 heavy (non-hydrogen) atoms. The summed E-state index contributed by atoms with van der Waals surface area (Å²) in [6.07, 6.45) is 0.886. The van der Waals surface area contributed by atoms with Crippen LogP contribution >= 0.6 is 0 Å². The lowest BCUT2D eigenvalue weighted by Gasteiger charge is -2.41. The molecule has 3 rings (SSSR count). The minimum absolute atomic E-state index is 0.00108. The van der Waals surface area contributed by atoms with Gasteiger partial charge in [0.25, 0.3) is 0 Å². The quantitative estimate of drug-likeness (QED) is 0.916. The second-order valence-electron chi connectivity index (χ2n) is 5.34. The van der Waals surface area contributed by atoms with Crippen molar-refractivity contribution in [2.24, 2.45) is 5.73 Å². The molecule has 1 aliphatic carbocycles. The third-order valence-corrected chi connectivity index (χ3v) is 3.90. The first kappa shape index (κ1) is 14.1. The molecule has 1 aliphatic rings. The molecule has 2 N–H and O–H groups in total. The first-order chi connectivity index (χ1) is 10.3. The number of hydrogen-bond acceptors (Lipinski definition) is 3. The molecule has 1 fully saturated rings. The maximum Gasteiger partial charge on any atom is 0.128 e. The Labute approximate surface area is 125 Å². The average molecular weight is 283 g/mol. The summed E-state index contributed by atoms with van der Waals surface area (Å²) in [6, 6.07) is 18.5. The van der Waals surface area contributed by atoms with Gasteiger partial charge in [-0.05, 0) is 18.6 Å². The van der Waals surface area contributed by atoms with E-state index in [1.165, 1.54) is 0 Å². The van der Waals surface area contributed by atoms with Crippen molar-refractivity contribution in [1.29, 1.82) is 0 Å². The average Bonchev–Trinajstić information content (AvgIpc) is 2.53. The third kappa shape index (κ3) is 2.94. The van der Waals surface area contributed by atoms with Crippen LogP contribution in [0.15, 0.2) is 54.6 Å². The minimum Gasteiger partial charge on any atom is -0.487 e. The van der Waals surface area contributed by atoms with Gasteiger partial charge >= 0.3 is 0 Å². The van der Waals surface area contributed by atoms with E-state index < -0.39 is 0 Å². The van der Waals surface area contributed by atoms with Crippen molar-refractivity contribution in [3.8, 4) is 16.9 Å². The Morgan fingerprint density at radius 2 is 1.76 bits per heavy atom. The van der Waals surface area contributed by atoms with Gasteiger partial charge in [0.05, 0.1) is 0 Å². The fraction of sp³-hybridized carbons (Fsp3) is 0.333. The molecule has 3 heteroatoms. The van der Waals surface area contributed by atoms with Gasteiger partial charge in [0.2, 0.25) is 0 Å². The van der Waals surface area contributed by atoms with E-state index in [0.29, 0.717) is 6.61 Å². The molecule has 0 aliphatic heterocycles. The Bertz CT molecular complexity index is 585. The number of nitrogens with two attached hydrogens (primary N) is 1. The topological polar surface area (TPSA) is 44.5 Å². The molecule has 0 aromatic heterocycles. The second kappa shape index (κ2) is 6.29. The zero-order valence-corrected chi connectivity index (χ0v) is 12.2. The number of ether oxygens (including phenoxy) is 2. The van der Waals surface area contributed by atoms with Gasteiger partial charge in [-0.15, -0.1) is 0 Å². The van der Waals surface area contributed by atoms with Crippen LogP contribution in [0.25, 0.3) is 11.1 Å². The summed E-state index contributed by atoms with van der Waals surface area (Å²) in [6.45, 7) is 2.65. The summed E-state index contributed by atoms with van der Waals surface area (Å²) in [4.78, 5) is 0. The van der Waals surface area contributed by atoms with Gasteiger partial charge in [0.15, 0.2) is 0 Å². The van der Waals surface area contributed by atoms with Crippen molar-refractivity contribution in [3.63, 3.8) is 0 Å². The highest BCUT2D eigenvalue weighted by Gasteiger charge is 2.41. The van der Waals surface area contributed by atoms with Crippen molar-refractivity contribution in [2.45, 2.75) is 31.6 Å². The first-order valence-corrected chi connectivity index (χ1v) is 7.48. The van der Waals surface area contributed by atoms with E-state index in [9.17, 15) is 0 Å². The zero-order valence-electron chi connectivity index (χ0n) is 12.2. The van der Waals surface area contributed by atoms with E-state index in [0.717, 1.165) is 23.3 Å². The molecule has 0 spiro atoms. The maximum atomic E-state index is 6.17. The molecule has 1 saturated carbocycles. The van der Waals surface area contributed by atoms with Crippen LogP contribution in [0.3, 0.4) is 0 Å². The summed E-state index contributed by atoms with van der Waals surface area (Å²) < 4.78 is 11.8. The predicted molar refractivity (Wildman–Crippen MR) is 84.3 cm³/mol. The number of benzene rings is 2. The second-order valence-corrected chi connectivity index (χ2v) is 5.34. The first-order valence-electron chi connectivity index (χ1n) is 7.48. The number of para-hydroxylation sites is 1. The van der Waals surface area contributed by atoms with E-state index in [4.69, 9.17) is 15.2 Å². The Kier molecular flexibility index (Phi) is 4.23. The standard InChI is InChI=1S/C18H21NO2/c1-2-20-18-15(19)12-17(18)21-16-11-7-6-10-14(16)13-8-4-3-5-9-13/h3-11,15,17-18H,2,12,19H2,1H3. The Balaban J connectivity index is 1.81.